The van der Waals surface area contributed by atoms with E-state index in [1.807, 2.05) is 6.08 Å². The topological polar surface area (TPSA) is 213 Å². The zero-order chi connectivity index (χ0) is 58.0. The van der Waals surface area contributed by atoms with Gasteiger partial charge in [-0.25, -0.2) is 51.6 Å². The molecule has 9 rings (SSSR count). The number of hydrogen-bond donors (Lipinski definition) is 1. The number of aryl methyl sites for hydroxylation is 3. The van der Waals surface area contributed by atoms with E-state index in [4.69, 9.17) is 27.9 Å². The number of fused-ring (bicyclic) bond motifs is 2. The largest absolute Gasteiger partial charge is 0.443 e. The van der Waals surface area contributed by atoms with Gasteiger partial charge in [0.2, 0.25) is 0 Å². The smallest absolute Gasteiger partial charge is 0.418 e. The number of carbonyl (C=O) groups is 5. The van der Waals surface area contributed by atoms with Gasteiger partial charge >= 0.3 is 30.5 Å². The molecule has 28 heteroatoms. The molecule has 2 fully saturated rings. The highest BCUT2D eigenvalue weighted by Gasteiger charge is 2.49. The summed E-state index contributed by atoms with van der Waals surface area (Å²) < 4.78 is 114. The van der Waals surface area contributed by atoms with Crippen molar-refractivity contribution in [3.8, 4) is 0 Å². The van der Waals surface area contributed by atoms with Gasteiger partial charge < -0.3 is 10.1 Å². The Hall–Kier alpha value is -7.84. The SMILES string of the molecule is Cc1cc(C(F)(F)F)cc(N2C(=O)NC[C@H]2C(=O)N(C)c2ccc3c(n2)CC=C3Cl)n1.Cc1ccc(S(=O)(=O)n2cc(Cl)c3ccc(N(C)C(=O)[C@@H]4CN(C(=O)OC(C)(C)C)C(=O)N4c4cc(C(F)(F)F)cc(C)n4)nc32)cc1. The molecule has 0 unspecified atom stereocenters. The molecule has 416 valence electrons. The van der Waals surface area contributed by atoms with E-state index in [9.17, 15) is 58.7 Å². The lowest BCUT2D eigenvalue weighted by Gasteiger charge is -2.26. The van der Waals surface area contributed by atoms with Gasteiger partial charge in [-0.15, -0.1) is 0 Å². The maximum atomic E-state index is 14.1. The predicted octanol–water partition coefficient (Wildman–Crippen LogP) is 9.67. The van der Waals surface area contributed by atoms with Crippen LogP contribution in [0.3, 0.4) is 0 Å². The minimum absolute atomic E-state index is 0.0375. The first kappa shape index (κ1) is 57.3. The van der Waals surface area contributed by atoms with Crippen molar-refractivity contribution < 1.29 is 63.5 Å². The summed E-state index contributed by atoms with van der Waals surface area (Å²) in [4.78, 5) is 87.8. The zero-order valence-corrected chi connectivity index (χ0v) is 45.4. The van der Waals surface area contributed by atoms with Gasteiger partial charge in [0.1, 0.15) is 41.0 Å². The van der Waals surface area contributed by atoms with Crippen molar-refractivity contribution >= 4 is 103 Å². The lowest BCUT2D eigenvalue weighted by atomic mass is 10.2. The average Bonchev–Trinajstić information content (AvgIpc) is 4.19. The van der Waals surface area contributed by atoms with Crippen molar-refractivity contribution in [2.24, 2.45) is 0 Å². The summed E-state index contributed by atoms with van der Waals surface area (Å²) in [7, 11) is -1.41. The summed E-state index contributed by atoms with van der Waals surface area (Å²) in [5.41, 5.74) is -0.889. The van der Waals surface area contributed by atoms with Gasteiger partial charge in [0.15, 0.2) is 5.65 Å². The molecule has 2 saturated heterocycles. The van der Waals surface area contributed by atoms with Gasteiger partial charge in [-0.1, -0.05) is 47.0 Å². The number of nitrogens with zero attached hydrogens (tertiary/aromatic N) is 10. The van der Waals surface area contributed by atoms with Crippen molar-refractivity contribution in [2.45, 2.75) is 82.9 Å². The van der Waals surface area contributed by atoms with E-state index in [1.54, 1.807) is 52.0 Å². The molecule has 1 aromatic carbocycles. The fraction of sp³-hybridized carbons (Fsp3) is 0.314. The van der Waals surface area contributed by atoms with Crippen molar-refractivity contribution in [3.05, 3.63) is 129 Å². The Bertz CT molecular complexity index is 3630. The molecular formula is C51H47Cl2F6N11O8S. The number of imide groups is 1. The summed E-state index contributed by atoms with van der Waals surface area (Å²) in [5.74, 6) is -1.89. The second kappa shape index (κ2) is 21.1. The molecule has 79 heavy (non-hydrogen) atoms. The van der Waals surface area contributed by atoms with Crippen LogP contribution in [0.15, 0.2) is 90.0 Å². The highest BCUT2D eigenvalue weighted by atomic mass is 35.5. The van der Waals surface area contributed by atoms with E-state index in [0.717, 1.165) is 48.8 Å². The van der Waals surface area contributed by atoms with E-state index < -0.39 is 93.5 Å². The van der Waals surface area contributed by atoms with Gasteiger partial charge in [-0.2, -0.15) is 26.3 Å². The first-order chi connectivity index (χ1) is 36.7. The maximum absolute atomic E-state index is 14.1. The summed E-state index contributed by atoms with van der Waals surface area (Å²) in [6, 6.07) is 10.9. The van der Waals surface area contributed by atoms with Gasteiger partial charge in [0.05, 0.1) is 33.3 Å². The Labute approximate surface area is 457 Å². The fourth-order valence-corrected chi connectivity index (χ4v) is 10.5. The number of halogens is 8. The van der Waals surface area contributed by atoms with Gasteiger partial charge in [-0.05, 0) is 102 Å². The summed E-state index contributed by atoms with van der Waals surface area (Å²) in [6.45, 7) is 8.48. The second-order valence-electron chi connectivity index (χ2n) is 19.4. The molecule has 0 spiro atoms. The van der Waals surface area contributed by atoms with Crippen molar-refractivity contribution in [2.75, 3.05) is 46.8 Å². The summed E-state index contributed by atoms with van der Waals surface area (Å²) >= 11 is 12.5. The number of pyridine rings is 4. The Kier molecular flexibility index (Phi) is 15.3. The van der Waals surface area contributed by atoms with Crippen LogP contribution in [0.1, 0.15) is 60.1 Å². The number of urea groups is 2. The highest BCUT2D eigenvalue weighted by molar-refractivity contribution is 7.90. The Morgan fingerprint density at radius 2 is 1.28 bits per heavy atom. The number of likely N-dealkylation sites (N-methyl/N-ethyl adjacent to an activating group) is 2. The number of ether oxygens (including phenoxy) is 1. The molecule has 3 aliphatic rings. The second-order valence-corrected chi connectivity index (χ2v) is 22.0. The number of nitrogens with one attached hydrogen (secondary N) is 1. The Balaban J connectivity index is 0.000000228. The Morgan fingerprint density at radius 1 is 0.734 bits per heavy atom. The van der Waals surface area contributed by atoms with E-state index in [0.29, 0.717) is 33.1 Å². The molecule has 7 amide bonds. The number of carbonyl (C=O) groups excluding carboxylic acids is 5. The summed E-state index contributed by atoms with van der Waals surface area (Å²) in [5, 5.41) is 3.42. The molecule has 2 atom stereocenters. The first-order valence-electron chi connectivity index (χ1n) is 23.7. The number of aromatic nitrogens is 5. The van der Waals surface area contributed by atoms with Gasteiger partial charge in [0, 0.05) is 60.6 Å². The van der Waals surface area contributed by atoms with Crippen molar-refractivity contribution in [3.63, 3.8) is 0 Å². The molecule has 0 radical (unpaired) electrons. The van der Waals surface area contributed by atoms with Crippen LogP contribution in [0.25, 0.3) is 16.1 Å². The normalized spacial score (nSPS) is 16.6. The average molecular weight is 1160 g/mol. The molecule has 1 N–H and O–H groups in total. The van der Waals surface area contributed by atoms with Crippen LogP contribution in [-0.4, -0.2) is 112 Å². The van der Waals surface area contributed by atoms with Crippen molar-refractivity contribution in [1.82, 2.24) is 34.1 Å². The Morgan fingerprint density at radius 3 is 1.85 bits per heavy atom. The molecule has 2 aliphatic heterocycles. The molecule has 6 aromatic rings. The van der Waals surface area contributed by atoms with E-state index in [2.05, 4.69) is 25.3 Å². The maximum Gasteiger partial charge on any atom is 0.418 e. The fourth-order valence-electron chi connectivity index (χ4n) is 8.59. The minimum atomic E-state index is -4.80. The molecule has 7 heterocycles. The van der Waals surface area contributed by atoms with Crippen LogP contribution in [0, 0.1) is 20.8 Å². The molecule has 1 aliphatic carbocycles. The van der Waals surface area contributed by atoms with E-state index >= 15 is 0 Å². The standard InChI is InChI=1S/C31H30ClF3N6O6S.C20H17ClF3N5O2/c1-17-7-9-20(10-8-17)48(45,46)40-15-22(32)21-11-12-24(37-26(21)40)38(6)27(42)23-16-39(29(44)47-30(3,4)5)28(43)41(23)25-14-19(31(33,34)35)13-18(2)36-25;1-10-7-11(20(22,23)24)8-17(26-10)29-15(9-25-19(29)31)18(30)28(2)16-6-3-12-13(21)4-5-14(12)27-16/h7-15,23H,16H2,1-6H3;3-4,6-8,15H,5,9H2,1-2H3,(H,25,31)/t23-;15-/m00/s1. The van der Waals surface area contributed by atoms with Gasteiger partial charge in [-0.3, -0.25) is 29.2 Å². The lowest BCUT2D eigenvalue weighted by Crippen LogP contribution is -2.47. The number of hydrogen-bond acceptors (Lipinski definition) is 12. The van der Waals surface area contributed by atoms with E-state index in [-0.39, 0.29) is 50.5 Å². The quantitative estimate of drug-likeness (QED) is 0.141. The molecule has 0 saturated carbocycles. The van der Waals surface area contributed by atoms with Crippen LogP contribution >= 0.6 is 23.2 Å². The molecule has 0 bridgehead atoms. The van der Waals surface area contributed by atoms with Gasteiger partial charge in [0.25, 0.3) is 21.8 Å². The minimum Gasteiger partial charge on any atom is -0.443 e. The van der Waals surface area contributed by atoms with E-state index in [1.165, 1.54) is 63.3 Å². The van der Waals surface area contributed by atoms with Crippen LogP contribution in [-0.2, 0) is 43.1 Å². The van der Waals surface area contributed by atoms with Crippen LogP contribution in [0.4, 0.5) is 64.0 Å². The number of rotatable bonds is 8. The highest BCUT2D eigenvalue weighted by Crippen LogP contribution is 2.37. The molecular weight excluding hydrogens is 1110 g/mol. The zero-order valence-electron chi connectivity index (χ0n) is 43.0. The van der Waals surface area contributed by atoms with Crippen LogP contribution in [0.5, 0.6) is 0 Å². The number of amides is 7. The van der Waals surface area contributed by atoms with Crippen LogP contribution in [0.2, 0.25) is 5.02 Å². The summed E-state index contributed by atoms with van der Waals surface area (Å²) in [6.07, 6.45) is -7.01. The lowest BCUT2D eigenvalue weighted by molar-refractivity contribution is -0.138. The van der Waals surface area contributed by atoms with Crippen molar-refractivity contribution in [1.29, 1.82) is 0 Å². The molecule has 19 nitrogen and oxygen atoms in total. The van der Waals surface area contributed by atoms with Crippen LogP contribution < -0.4 is 24.9 Å². The molecule has 5 aromatic heterocycles. The third-order valence-corrected chi connectivity index (χ3v) is 14.8. The number of allylic oxidation sites excluding steroid dienone is 1. The monoisotopic (exact) mass is 1160 g/mol. The predicted molar refractivity (Wildman–Crippen MR) is 279 cm³/mol. The number of alkyl halides is 6. The first-order valence-corrected chi connectivity index (χ1v) is 25.9. The third-order valence-electron chi connectivity index (χ3n) is 12.5. The number of anilines is 4. The third kappa shape index (κ3) is 11.7. The number of benzene rings is 1.